The normalized spacial score (nSPS) is 16.0. The van der Waals surface area contributed by atoms with Gasteiger partial charge in [-0.25, -0.2) is 0 Å². The van der Waals surface area contributed by atoms with Crippen LogP contribution in [0.2, 0.25) is 0 Å². The summed E-state index contributed by atoms with van der Waals surface area (Å²) in [5.74, 6) is 0.870. The third-order valence-corrected chi connectivity index (χ3v) is 5.89. The maximum atomic E-state index is 13.5. The minimum Gasteiger partial charge on any atom is -0.497 e. The number of likely N-dealkylation sites (tertiary alicyclic amines) is 1. The second kappa shape index (κ2) is 9.50. The molecule has 6 nitrogen and oxygen atoms in total. The molecule has 31 heavy (non-hydrogen) atoms. The van der Waals surface area contributed by atoms with Crippen LogP contribution in [0.4, 0.5) is 0 Å². The number of methoxy groups -OCH3 is 1. The lowest BCUT2D eigenvalue weighted by Crippen LogP contribution is -2.47. The Hall–Kier alpha value is -2.89. The van der Waals surface area contributed by atoms with Crippen molar-refractivity contribution in [1.29, 1.82) is 0 Å². The van der Waals surface area contributed by atoms with Crippen molar-refractivity contribution < 1.29 is 14.3 Å². The van der Waals surface area contributed by atoms with Gasteiger partial charge in [-0.2, -0.15) is 0 Å². The summed E-state index contributed by atoms with van der Waals surface area (Å²) >= 11 is 0. The van der Waals surface area contributed by atoms with Crippen LogP contribution in [0.3, 0.4) is 0 Å². The van der Waals surface area contributed by atoms with Crippen LogP contribution in [0.15, 0.2) is 48.7 Å². The van der Waals surface area contributed by atoms with E-state index in [0.717, 1.165) is 17.0 Å². The number of carbonyl (C=O) groups is 2. The number of aromatic nitrogens is 1. The third-order valence-electron chi connectivity index (χ3n) is 5.89. The van der Waals surface area contributed by atoms with Crippen LogP contribution in [0, 0.1) is 11.3 Å². The molecule has 1 aromatic heterocycles. The molecule has 0 N–H and O–H groups in total. The first-order valence-electron chi connectivity index (χ1n) is 10.8. The molecule has 1 atom stereocenters. The van der Waals surface area contributed by atoms with Gasteiger partial charge in [0.25, 0.3) is 0 Å². The average molecular weight is 424 g/mol. The third kappa shape index (κ3) is 5.24. The molecule has 2 amide bonds. The van der Waals surface area contributed by atoms with E-state index in [1.807, 2.05) is 75.2 Å². The van der Waals surface area contributed by atoms with Crippen molar-refractivity contribution in [3.63, 3.8) is 0 Å². The number of nitrogens with zero attached hydrogens (tertiary/aromatic N) is 3. The maximum absolute atomic E-state index is 13.5. The lowest BCUT2D eigenvalue weighted by Gasteiger charge is -2.37. The molecule has 6 heteroatoms. The topological polar surface area (TPSA) is 62.7 Å². The summed E-state index contributed by atoms with van der Waals surface area (Å²) in [6.45, 7) is 7.05. The summed E-state index contributed by atoms with van der Waals surface area (Å²) in [6, 6.07) is 13.2. The van der Waals surface area contributed by atoms with Gasteiger partial charge in [0, 0.05) is 37.7 Å². The first-order valence-corrected chi connectivity index (χ1v) is 10.8. The summed E-state index contributed by atoms with van der Waals surface area (Å²) in [7, 11) is 3.48. The van der Waals surface area contributed by atoms with E-state index in [0.29, 0.717) is 25.9 Å². The molecular formula is C25H33N3O3. The molecule has 1 saturated heterocycles. The van der Waals surface area contributed by atoms with E-state index >= 15 is 0 Å². The summed E-state index contributed by atoms with van der Waals surface area (Å²) in [6.07, 6.45) is 3.10. The Balaban J connectivity index is 1.79. The largest absolute Gasteiger partial charge is 0.497 e. The van der Waals surface area contributed by atoms with E-state index in [1.165, 1.54) is 0 Å². The van der Waals surface area contributed by atoms with Crippen LogP contribution in [-0.2, 0) is 9.59 Å². The second-order valence-electron chi connectivity index (χ2n) is 9.20. The zero-order chi connectivity index (χ0) is 22.6. The number of amides is 2. The molecule has 0 bridgehead atoms. The predicted molar refractivity (Wildman–Crippen MR) is 121 cm³/mol. The fourth-order valence-electron chi connectivity index (χ4n) is 4.16. The Morgan fingerprint density at radius 1 is 1.13 bits per heavy atom. The van der Waals surface area contributed by atoms with Gasteiger partial charge in [-0.3, -0.25) is 14.6 Å². The summed E-state index contributed by atoms with van der Waals surface area (Å²) in [5, 5.41) is 0. The molecule has 0 saturated carbocycles. The first-order chi connectivity index (χ1) is 14.7. The Bertz CT molecular complexity index is 900. The van der Waals surface area contributed by atoms with Crippen LogP contribution < -0.4 is 4.74 Å². The average Bonchev–Trinajstić information content (AvgIpc) is 2.78. The first kappa shape index (κ1) is 22.8. The maximum Gasteiger partial charge on any atom is 0.227 e. The standard InChI is InChI=1S/C25H33N3O3/c1-25(2,3)24(30)28-15-12-18(13-16-28)23(29)27(4)22(21-11-6-7-14-26-21)19-9-8-10-20(17-19)31-5/h6-11,14,17-18,22H,12-13,15-16H2,1-5H3. The van der Waals surface area contributed by atoms with Gasteiger partial charge >= 0.3 is 0 Å². The van der Waals surface area contributed by atoms with Crippen LogP contribution in [0.25, 0.3) is 0 Å². The Morgan fingerprint density at radius 3 is 2.42 bits per heavy atom. The SMILES string of the molecule is COc1cccc(C(c2ccccn2)N(C)C(=O)C2CCN(C(=O)C(C)(C)C)CC2)c1. The van der Waals surface area contributed by atoms with Gasteiger partial charge in [0.15, 0.2) is 0 Å². The van der Waals surface area contributed by atoms with E-state index in [1.54, 1.807) is 18.2 Å². The zero-order valence-corrected chi connectivity index (χ0v) is 19.2. The van der Waals surface area contributed by atoms with Crippen LogP contribution in [0.5, 0.6) is 5.75 Å². The molecular weight excluding hydrogens is 390 g/mol. The molecule has 0 aliphatic carbocycles. The molecule has 0 radical (unpaired) electrons. The van der Waals surface area contributed by atoms with Crippen molar-refractivity contribution in [3.8, 4) is 5.75 Å². The summed E-state index contributed by atoms with van der Waals surface area (Å²) < 4.78 is 5.40. The number of benzene rings is 1. The van der Waals surface area contributed by atoms with Gasteiger partial charge in [0.1, 0.15) is 5.75 Å². The molecule has 0 spiro atoms. The number of hydrogen-bond donors (Lipinski definition) is 0. The number of carbonyl (C=O) groups excluding carboxylic acids is 2. The molecule has 2 aromatic rings. The van der Waals surface area contributed by atoms with Crippen LogP contribution in [0.1, 0.15) is 50.9 Å². The molecule has 1 unspecified atom stereocenters. The van der Waals surface area contributed by atoms with Crippen molar-refractivity contribution >= 4 is 11.8 Å². The van der Waals surface area contributed by atoms with E-state index in [2.05, 4.69) is 4.98 Å². The fraction of sp³-hybridized carbons (Fsp3) is 0.480. The molecule has 1 aliphatic heterocycles. The molecule has 2 heterocycles. The van der Waals surface area contributed by atoms with E-state index < -0.39 is 5.41 Å². The lowest BCUT2D eigenvalue weighted by molar-refractivity contribution is -0.145. The van der Waals surface area contributed by atoms with Crippen molar-refractivity contribution in [1.82, 2.24) is 14.8 Å². The highest BCUT2D eigenvalue weighted by atomic mass is 16.5. The Kier molecular flexibility index (Phi) is 6.98. The Morgan fingerprint density at radius 2 is 1.84 bits per heavy atom. The lowest BCUT2D eigenvalue weighted by atomic mass is 9.90. The van der Waals surface area contributed by atoms with E-state index in [4.69, 9.17) is 4.74 Å². The van der Waals surface area contributed by atoms with E-state index in [-0.39, 0.29) is 23.8 Å². The number of hydrogen-bond acceptors (Lipinski definition) is 4. The van der Waals surface area contributed by atoms with Gasteiger partial charge in [0.05, 0.1) is 18.8 Å². The van der Waals surface area contributed by atoms with Gasteiger partial charge in [-0.1, -0.05) is 39.0 Å². The van der Waals surface area contributed by atoms with Crippen molar-refractivity contribution in [2.24, 2.45) is 11.3 Å². The highest BCUT2D eigenvalue weighted by Crippen LogP contribution is 2.32. The zero-order valence-electron chi connectivity index (χ0n) is 19.2. The molecule has 1 aliphatic rings. The van der Waals surface area contributed by atoms with Crippen molar-refractivity contribution in [2.75, 3.05) is 27.2 Å². The van der Waals surface area contributed by atoms with Gasteiger partial charge in [-0.15, -0.1) is 0 Å². The quantitative estimate of drug-likeness (QED) is 0.731. The molecule has 1 aromatic carbocycles. The predicted octanol–water partition coefficient (Wildman–Crippen LogP) is 3.92. The molecule has 1 fully saturated rings. The van der Waals surface area contributed by atoms with Gasteiger partial charge < -0.3 is 14.5 Å². The van der Waals surface area contributed by atoms with Crippen molar-refractivity contribution in [2.45, 2.75) is 39.7 Å². The fourth-order valence-corrected chi connectivity index (χ4v) is 4.16. The van der Waals surface area contributed by atoms with Gasteiger partial charge in [0.2, 0.25) is 11.8 Å². The number of piperidine rings is 1. The van der Waals surface area contributed by atoms with Crippen LogP contribution >= 0.6 is 0 Å². The number of rotatable bonds is 5. The second-order valence-corrected chi connectivity index (χ2v) is 9.20. The monoisotopic (exact) mass is 423 g/mol. The molecule has 3 rings (SSSR count). The highest BCUT2D eigenvalue weighted by molar-refractivity contribution is 5.83. The highest BCUT2D eigenvalue weighted by Gasteiger charge is 2.35. The van der Waals surface area contributed by atoms with Crippen molar-refractivity contribution in [3.05, 3.63) is 59.9 Å². The summed E-state index contributed by atoms with van der Waals surface area (Å²) in [4.78, 5) is 34.3. The van der Waals surface area contributed by atoms with Gasteiger partial charge in [-0.05, 0) is 42.7 Å². The number of pyridine rings is 1. The number of ether oxygens (including phenoxy) is 1. The van der Waals surface area contributed by atoms with Crippen LogP contribution in [-0.4, -0.2) is 53.8 Å². The molecule has 166 valence electrons. The minimum atomic E-state index is -0.399. The Labute approximate surface area is 185 Å². The summed E-state index contributed by atoms with van der Waals surface area (Å²) in [5.41, 5.74) is 1.37. The smallest absolute Gasteiger partial charge is 0.227 e. The minimum absolute atomic E-state index is 0.0846. The van der Waals surface area contributed by atoms with E-state index in [9.17, 15) is 9.59 Å².